The Morgan fingerprint density at radius 2 is 2.29 bits per heavy atom. The van der Waals surface area contributed by atoms with Gasteiger partial charge in [-0.05, 0) is 50.3 Å². The highest BCUT2D eigenvalue weighted by atomic mass is 16.3. The van der Waals surface area contributed by atoms with Crippen molar-refractivity contribution in [1.82, 2.24) is 4.98 Å². The molecule has 0 aromatic carbocycles. The van der Waals surface area contributed by atoms with Crippen LogP contribution in [0.5, 0.6) is 0 Å². The fourth-order valence-electron chi connectivity index (χ4n) is 2.24. The highest BCUT2D eigenvalue weighted by molar-refractivity contribution is 5.41. The van der Waals surface area contributed by atoms with Crippen LogP contribution < -0.4 is 4.90 Å². The monoisotopic (exact) mass is 234 g/mol. The van der Waals surface area contributed by atoms with Crippen LogP contribution in [0.1, 0.15) is 44.8 Å². The maximum Gasteiger partial charge on any atom is 0.128 e. The van der Waals surface area contributed by atoms with E-state index in [1.54, 1.807) is 13.1 Å². The Morgan fingerprint density at radius 1 is 1.53 bits per heavy atom. The van der Waals surface area contributed by atoms with Gasteiger partial charge in [0.05, 0.1) is 6.10 Å². The van der Waals surface area contributed by atoms with E-state index in [4.69, 9.17) is 0 Å². The predicted molar refractivity (Wildman–Crippen MR) is 70.1 cm³/mol. The van der Waals surface area contributed by atoms with Gasteiger partial charge in [-0.2, -0.15) is 0 Å². The van der Waals surface area contributed by atoms with Crippen molar-refractivity contribution in [2.45, 2.75) is 39.2 Å². The lowest BCUT2D eigenvalue weighted by Crippen LogP contribution is -2.33. The molecule has 3 nitrogen and oxygen atoms in total. The molecule has 0 aliphatic heterocycles. The molecule has 17 heavy (non-hydrogen) atoms. The number of rotatable bonds is 5. The second-order valence-electron chi connectivity index (χ2n) is 4.96. The van der Waals surface area contributed by atoms with Gasteiger partial charge in [0, 0.05) is 19.3 Å². The summed E-state index contributed by atoms with van der Waals surface area (Å²) in [6.07, 6.45) is 5.46. The number of nitrogens with zero attached hydrogens (tertiary/aromatic N) is 2. The first-order valence-electron chi connectivity index (χ1n) is 6.59. The van der Waals surface area contributed by atoms with Gasteiger partial charge in [-0.3, -0.25) is 0 Å². The molecule has 94 valence electrons. The van der Waals surface area contributed by atoms with Gasteiger partial charge >= 0.3 is 0 Å². The standard InChI is InChI=1S/C14H22N2O/c1-3-16(10-12-5-4-6-12)14-9-13(11(2)17)7-8-15-14/h7-9,11-12,17H,3-6,10H2,1-2H3/t11-/m1/s1. The fourth-order valence-corrected chi connectivity index (χ4v) is 2.24. The largest absolute Gasteiger partial charge is 0.389 e. The van der Waals surface area contributed by atoms with Gasteiger partial charge in [0.1, 0.15) is 5.82 Å². The lowest BCUT2D eigenvalue weighted by molar-refractivity contribution is 0.199. The van der Waals surface area contributed by atoms with Crippen molar-refractivity contribution in [3.05, 3.63) is 23.9 Å². The average Bonchev–Trinajstić information content (AvgIpc) is 2.28. The number of hydrogen-bond donors (Lipinski definition) is 1. The van der Waals surface area contributed by atoms with Crippen LogP contribution >= 0.6 is 0 Å². The minimum absolute atomic E-state index is 0.417. The Labute approximate surface area is 103 Å². The molecule has 0 amide bonds. The van der Waals surface area contributed by atoms with Crippen LogP contribution in [0.3, 0.4) is 0 Å². The lowest BCUT2D eigenvalue weighted by atomic mass is 9.85. The highest BCUT2D eigenvalue weighted by Gasteiger charge is 2.20. The molecule has 3 heteroatoms. The van der Waals surface area contributed by atoms with E-state index in [1.807, 2.05) is 12.1 Å². The predicted octanol–water partition coefficient (Wildman–Crippen LogP) is 2.76. The molecule has 0 radical (unpaired) electrons. The van der Waals surface area contributed by atoms with Crippen molar-refractivity contribution in [1.29, 1.82) is 0 Å². The maximum absolute atomic E-state index is 9.60. The van der Waals surface area contributed by atoms with E-state index >= 15 is 0 Å². The summed E-state index contributed by atoms with van der Waals surface area (Å²) < 4.78 is 0. The minimum atomic E-state index is -0.417. The Balaban J connectivity index is 2.09. The molecule has 1 N–H and O–H groups in total. The summed E-state index contributed by atoms with van der Waals surface area (Å²) in [4.78, 5) is 6.73. The van der Waals surface area contributed by atoms with Gasteiger partial charge in [0.15, 0.2) is 0 Å². The molecule has 2 rings (SSSR count). The van der Waals surface area contributed by atoms with Gasteiger partial charge < -0.3 is 10.0 Å². The molecule has 0 spiro atoms. The van der Waals surface area contributed by atoms with E-state index in [0.717, 1.165) is 30.4 Å². The zero-order chi connectivity index (χ0) is 12.3. The third kappa shape index (κ3) is 2.97. The van der Waals surface area contributed by atoms with Crippen molar-refractivity contribution in [2.75, 3.05) is 18.0 Å². The molecule has 0 saturated heterocycles. The Bertz CT molecular complexity index is 361. The van der Waals surface area contributed by atoms with Crippen molar-refractivity contribution < 1.29 is 5.11 Å². The number of aliphatic hydroxyl groups is 1. The molecule has 0 unspecified atom stereocenters. The molecule has 1 saturated carbocycles. The van der Waals surface area contributed by atoms with Crippen LogP contribution in [0, 0.1) is 5.92 Å². The van der Waals surface area contributed by atoms with Gasteiger partial charge in [0.2, 0.25) is 0 Å². The summed E-state index contributed by atoms with van der Waals surface area (Å²) in [5.74, 6) is 1.84. The van der Waals surface area contributed by atoms with Crippen LogP contribution in [-0.2, 0) is 0 Å². The molecule has 0 bridgehead atoms. The van der Waals surface area contributed by atoms with Crippen molar-refractivity contribution in [2.24, 2.45) is 5.92 Å². The molecule has 1 atom stereocenters. The zero-order valence-corrected chi connectivity index (χ0v) is 10.8. The normalized spacial score (nSPS) is 17.6. The van der Waals surface area contributed by atoms with Crippen molar-refractivity contribution >= 4 is 5.82 Å². The third-order valence-electron chi connectivity index (χ3n) is 3.66. The summed E-state index contributed by atoms with van der Waals surface area (Å²) in [6.45, 7) is 6.04. The van der Waals surface area contributed by atoms with Crippen LogP contribution in [-0.4, -0.2) is 23.2 Å². The van der Waals surface area contributed by atoms with Crippen molar-refractivity contribution in [3.63, 3.8) is 0 Å². The summed E-state index contributed by atoms with van der Waals surface area (Å²) in [6, 6.07) is 3.89. The van der Waals surface area contributed by atoms with E-state index in [-0.39, 0.29) is 0 Å². The summed E-state index contributed by atoms with van der Waals surface area (Å²) in [5.41, 5.74) is 0.946. The molecule has 1 heterocycles. The summed E-state index contributed by atoms with van der Waals surface area (Å²) in [5, 5.41) is 9.60. The maximum atomic E-state index is 9.60. The molecule has 1 aromatic rings. The van der Waals surface area contributed by atoms with E-state index in [1.165, 1.54) is 19.3 Å². The second kappa shape index (κ2) is 5.50. The van der Waals surface area contributed by atoms with Crippen LogP contribution in [0.25, 0.3) is 0 Å². The smallest absolute Gasteiger partial charge is 0.128 e. The molecule has 1 aliphatic carbocycles. The van der Waals surface area contributed by atoms with Gasteiger partial charge in [-0.25, -0.2) is 4.98 Å². The zero-order valence-electron chi connectivity index (χ0n) is 10.8. The Hall–Kier alpha value is -1.09. The summed E-state index contributed by atoms with van der Waals surface area (Å²) >= 11 is 0. The topological polar surface area (TPSA) is 36.4 Å². The first-order valence-corrected chi connectivity index (χ1v) is 6.59. The molecular formula is C14H22N2O. The van der Waals surface area contributed by atoms with Gasteiger partial charge in [0.25, 0.3) is 0 Å². The number of pyridine rings is 1. The van der Waals surface area contributed by atoms with Crippen LogP contribution in [0.2, 0.25) is 0 Å². The minimum Gasteiger partial charge on any atom is -0.389 e. The first kappa shape index (κ1) is 12.4. The van der Waals surface area contributed by atoms with E-state index in [0.29, 0.717) is 0 Å². The van der Waals surface area contributed by atoms with Gasteiger partial charge in [-0.15, -0.1) is 0 Å². The fraction of sp³-hybridized carbons (Fsp3) is 0.643. The SMILES string of the molecule is CCN(CC1CCC1)c1cc([C@@H](C)O)ccn1. The molecule has 1 aromatic heterocycles. The Kier molecular flexibility index (Phi) is 4.00. The number of aliphatic hydroxyl groups excluding tert-OH is 1. The number of aromatic nitrogens is 1. The van der Waals surface area contributed by atoms with E-state index in [2.05, 4.69) is 16.8 Å². The third-order valence-corrected chi connectivity index (χ3v) is 3.66. The highest BCUT2D eigenvalue weighted by Crippen LogP contribution is 2.28. The van der Waals surface area contributed by atoms with Crippen LogP contribution in [0.15, 0.2) is 18.3 Å². The number of anilines is 1. The van der Waals surface area contributed by atoms with Crippen LogP contribution in [0.4, 0.5) is 5.82 Å². The van der Waals surface area contributed by atoms with Gasteiger partial charge in [-0.1, -0.05) is 6.42 Å². The molecule has 1 aliphatic rings. The van der Waals surface area contributed by atoms with Crippen molar-refractivity contribution in [3.8, 4) is 0 Å². The second-order valence-corrected chi connectivity index (χ2v) is 4.96. The van der Waals surface area contributed by atoms with E-state index in [9.17, 15) is 5.11 Å². The molecule has 1 fully saturated rings. The Morgan fingerprint density at radius 3 is 2.82 bits per heavy atom. The molecular weight excluding hydrogens is 212 g/mol. The average molecular weight is 234 g/mol. The summed E-state index contributed by atoms with van der Waals surface area (Å²) in [7, 11) is 0. The quantitative estimate of drug-likeness (QED) is 0.851. The first-order chi connectivity index (χ1) is 8.20. The van der Waals surface area contributed by atoms with E-state index < -0.39 is 6.10 Å². The number of hydrogen-bond acceptors (Lipinski definition) is 3. The lowest BCUT2D eigenvalue weighted by Gasteiger charge is -2.32.